The van der Waals surface area contributed by atoms with Crippen molar-refractivity contribution in [2.45, 2.75) is 13.8 Å². The number of rotatable bonds is 5. The third kappa shape index (κ3) is 4.09. The van der Waals surface area contributed by atoms with Gasteiger partial charge < -0.3 is 15.2 Å². The number of hydrogen-bond acceptors (Lipinski definition) is 3. The fraction of sp³-hybridized carbons (Fsp3) is 0.176. The second kappa shape index (κ2) is 6.76. The predicted molar refractivity (Wildman–Crippen MR) is 83.4 cm³/mol. The van der Waals surface area contributed by atoms with E-state index in [-0.39, 0.29) is 18.1 Å². The van der Waals surface area contributed by atoms with Crippen molar-refractivity contribution in [1.82, 2.24) is 0 Å². The van der Waals surface area contributed by atoms with Gasteiger partial charge >= 0.3 is 5.97 Å². The molecule has 0 heterocycles. The minimum atomic E-state index is -1.02. The van der Waals surface area contributed by atoms with Crippen LogP contribution in [0.2, 0.25) is 0 Å². The fourth-order valence-electron chi connectivity index (χ4n) is 1.91. The lowest BCUT2D eigenvalue weighted by Gasteiger charge is -2.09. The summed E-state index contributed by atoms with van der Waals surface area (Å²) in [6.45, 7) is 3.53. The molecule has 5 nitrogen and oxygen atoms in total. The van der Waals surface area contributed by atoms with Gasteiger partial charge in [-0.1, -0.05) is 23.8 Å². The average Bonchev–Trinajstić information content (AvgIpc) is 2.48. The molecule has 0 fully saturated rings. The van der Waals surface area contributed by atoms with Crippen molar-refractivity contribution in [2.75, 3.05) is 11.9 Å². The Kier molecular flexibility index (Phi) is 4.78. The Hall–Kier alpha value is -2.82. The number of aromatic carboxylic acids is 1. The smallest absolute Gasteiger partial charge is 0.336 e. The van der Waals surface area contributed by atoms with Gasteiger partial charge in [-0.2, -0.15) is 0 Å². The van der Waals surface area contributed by atoms with Gasteiger partial charge in [0.25, 0.3) is 5.91 Å². The largest absolute Gasteiger partial charge is 0.484 e. The van der Waals surface area contributed by atoms with Crippen LogP contribution in [0.5, 0.6) is 5.75 Å². The first-order chi connectivity index (χ1) is 10.5. The minimum Gasteiger partial charge on any atom is -0.484 e. The van der Waals surface area contributed by atoms with E-state index in [2.05, 4.69) is 5.32 Å². The number of ether oxygens (including phenoxy) is 1. The molecule has 0 saturated carbocycles. The number of aryl methyl sites for hydroxylation is 2. The van der Waals surface area contributed by atoms with Crippen LogP contribution in [0.4, 0.5) is 5.69 Å². The van der Waals surface area contributed by atoms with Crippen LogP contribution in [0.25, 0.3) is 0 Å². The number of benzene rings is 2. The SMILES string of the molecule is Cc1ccc(OCC(=O)Nc2ccc(C)c(C(=O)O)c2)cc1. The van der Waals surface area contributed by atoms with Crippen molar-refractivity contribution >= 4 is 17.6 Å². The molecule has 0 aliphatic carbocycles. The molecule has 2 N–H and O–H groups in total. The third-order valence-corrected chi connectivity index (χ3v) is 3.14. The summed E-state index contributed by atoms with van der Waals surface area (Å²) in [7, 11) is 0. The summed E-state index contributed by atoms with van der Waals surface area (Å²) >= 11 is 0. The van der Waals surface area contributed by atoms with E-state index in [9.17, 15) is 9.59 Å². The number of carbonyl (C=O) groups is 2. The van der Waals surface area contributed by atoms with Crippen LogP contribution in [0, 0.1) is 13.8 Å². The summed E-state index contributed by atoms with van der Waals surface area (Å²) in [5.41, 5.74) is 2.34. The summed E-state index contributed by atoms with van der Waals surface area (Å²) in [6.07, 6.45) is 0. The van der Waals surface area contributed by atoms with Crippen LogP contribution < -0.4 is 10.1 Å². The Morgan fingerprint density at radius 3 is 2.41 bits per heavy atom. The fourth-order valence-corrected chi connectivity index (χ4v) is 1.91. The molecule has 0 aromatic heterocycles. The standard InChI is InChI=1S/C17H17NO4/c1-11-3-7-14(8-4-11)22-10-16(19)18-13-6-5-12(2)15(9-13)17(20)21/h3-9H,10H2,1-2H3,(H,18,19)(H,20,21). The number of carbonyl (C=O) groups excluding carboxylic acids is 1. The molecule has 1 amide bonds. The lowest BCUT2D eigenvalue weighted by Crippen LogP contribution is -2.20. The van der Waals surface area contributed by atoms with Crippen molar-refractivity contribution in [2.24, 2.45) is 0 Å². The lowest BCUT2D eigenvalue weighted by atomic mass is 10.1. The number of carboxylic acid groups (broad SMARTS) is 1. The van der Waals surface area contributed by atoms with Crippen molar-refractivity contribution in [3.63, 3.8) is 0 Å². The van der Waals surface area contributed by atoms with Gasteiger partial charge in [-0.3, -0.25) is 4.79 Å². The third-order valence-electron chi connectivity index (χ3n) is 3.14. The van der Waals surface area contributed by atoms with E-state index in [1.54, 1.807) is 31.2 Å². The van der Waals surface area contributed by atoms with Gasteiger partial charge in [-0.25, -0.2) is 4.79 Å². The van der Waals surface area contributed by atoms with E-state index in [1.165, 1.54) is 6.07 Å². The molecule has 2 rings (SSSR count). The van der Waals surface area contributed by atoms with Crippen LogP contribution >= 0.6 is 0 Å². The van der Waals surface area contributed by atoms with Crippen LogP contribution in [0.15, 0.2) is 42.5 Å². The molecule has 0 aliphatic rings. The van der Waals surface area contributed by atoms with E-state index in [4.69, 9.17) is 9.84 Å². The first kappa shape index (κ1) is 15.6. The van der Waals surface area contributed by atoms with Gasteiger partial charge in [0.05, 0.1) is 5.56 Å². The van der Waals surface area contributed by atoms with E-state index >= 15 is 0 Å². The van der Waals surface area contributed by atoms with Crippen LogP contribution in [-0.4, -0.2) is 23.6 Å². The summed E-state index contributed by atoms with van der Waals surface area (Å²) in [5.74, 6) is -0.763. The Morgan fingerprint density at radius 2 is 1.77 bits per heavy atom. The maximum absolute atomic E-state index is 11.8. The molecule has 0 saturated heterocycles. The molecule has 22 heavy (non-hydrogen) atoms. The molecule has 0 radical (unpaired) electrons. The number of anilines is 1. The van der Waals surface area contributed by atoms with Crippen LogP contribution in [0.3, 0.4) is 0 Å². The number of amides is 1. The zero-order valence-electron chi connectivity index (χ0n) is 12.4. The number of nitrogens with one attached hydrogen (secondary N) is 1. The predicted octanol–water partition coefficient (Wildman–Crippen LogP) is 3.02. The molecule has 0 bridgehead atoms. The Balaban J connectivity index is 1.96. The summed E-state index contributed by atoms with van der Waals surface area (Å²) in [5, 5.41) is 11.7. The highest BCUT2D eigenvalue weighted by atomic mass is 16.5. The average molecular weight is 299 g/mol. The number of carboxylic acids is 1. The summed E-state index contributed by atoms with van der Waals surface area (Å²) < 4.78 is 5.37. The van der Waals surface area contributed by atoms with Crippen molar-refractivity contribution in [3.8, 4) is 5.75 Å². The molecule has 0 atom stereocenters. The van der Waals surface area contributed by atoms with Crippen molar-refractivity contribution in [3.05, 3.63) is 59.2 Å². The topological polar surface area (TPSA) is 75.6 Å². The van der Waals surface area contributed by atoms with E-state index in [1.807, 2.05) is 19.1 Å². The van der Waals surface area contributed by atoms with E-state index in [0.29, 0.717) is 17.0 Å². The highest BCUT2D eigenvalue weighted by Crippen LogP contribution is 2.16. The highest BCUT2D eigenvalue weighted by Gasteiger charge is 2.10. The van der Waals surface area contributed by atoms with Crippen LogP contribution in [-0.2, 0) is 4.79 Å². The van der Waals surface area contributed by atoms with Crippen molar-refractivity contribution < 1.29 is 19.4 Å². The van der Waals surface area contributed by atoms with Crippen LogP contribution in [0.1, 0.15) is 21.5 Å². The molecule has 2 aromatic rings. The Bertz CT molecular complexity index is 692. The Labute approximate surface area is 128 Å². The first-order valence-corrected chi connectivity index (χ1v) is 6.79. The quantitative estimate of drug-likeness (QED) is 0.890. The summed E-state index contributed by atoms with van der Waals surface area (Å²) in [6, 6.07) is 12.1. The Morgan fingerprint density at radius 1 is 1.09 bits per heavy atom. The molecular formula is C17H17NO4. The van der Waals surface area contributed by atoms with Gasteiger partial charge in [-0.15, -0.1) is 0 Å². The molecule has 0 unspecified atom stereocenters. The zero-order chi connectivity index (χ0) is 16.1. The molecule has 0 spiro atoms. The molecule has 5 heteroatoms. The van der Waals surface area contributed by atoms with E-state index in [0.717, 1.165) is 5.56 Å². The van der Waals surface area contributed by atoms with E-state index < -0.39 is 5.97 Å². The monoisotopic (exact) mass is 299 g/mol. The first-order valence-electron chi connectivity index (χ1n) is 6.79. The zero-order valence-corrected chi connectivity index (χ0v) is 12.4. The highest BCUT2D eigenvalue weighted by molar-refractivity contribution is 5.95. The molecule has 0 aliphatic heterocycles. The van der Waals surface area contributed by atoms with Gasteiger partial charge in [0.15, 0.2) is 6.61 Å². The van der Waals surface area contributed by atoms with Gasteiger partial charge in [-0.05, 0) is 43.7 Å². The number of hydrogen-bond donors (Lipinski definition) is 2. The second-order valence-corrected chi connectivity index (χ2v) is 4.98. The summed E-state index contributed by atoms with van der Waals surface area (Å²) in [4.78, 5) is 22.9. The maximum atomic E-state index is 11.8. The minimum absolute atomic E-state index is 0.140. The van der Waals surface area contributed by atoms with Gasteiger partial charge in [0.1, 0.15) is 5.75 Å². The normalized spacial score (nSPS) is 10.1. The van der Waals surface area contributed by atoms with Gasteiger partial charge in [0.2, 0.25) is 0 Å². The maximum Gasteiger partial charge on any atom is 0.336 e. The molecular weight excluding hydrogens is 282 g/mol. The lowest BCUT2D eigenvalue weighted by molar-refractivity contribution is -0.118. The molecule has 2 aromatic carbocycles. The second-order valence-electron chi connectivity index (χ2n) is 4.98. The van der Waals surface area contributed by atoms with Crippen molar-refractivity contribution in [1.29, 1.82) is 0 Å². The molecule has 114 valence electrons. The van der Waals surface area contributed by atoms with Gasteiger partial charge in [0, 0.05) is 5.69 Å².